The molecule has 22 saturated carbocycles. The van der Waals surface area contributed by atoms with Gasteiger partial charge in [-0.15, -0.1) is 0 Å². The summed E-state index contributed by atoms with van der Waals surface area (Å²) in [5.74, 6) is 9.76. The summed E-state index contributed by atoms with van der Waals surface area (Å²) in [6, 6.07) is 0. The largest absolute Gasteiger partial charge is 0.463 e. The smallest absolute Gasteiger partial charge is 0.347 e. The number of hydrogen-bond acceptors (Lipinski definition) is 21. The first-order valence-electron chi connectivity index (χ1n) is 52.5. The van der Waals surface area contributed by atoms with Gasteiger partial charge in [0.1, 0.15) is 40.2 Å². The summed E-state index contributed by atoms with van der Waals surface area (Å²) in [5, 5.41) is 32.0. The number of esters is 9. The summed E-state index contributed by atoms with van der Waals surface area (Å²) >= 11 is 0. The lowest BCUT2D eigenvalue weighted by Gasteiger charge is -2.62. The fourth-order valence-corrected chi connectivity index (χ4v) is 29.6. The highest BCUT2D eigenvalue weighted by Crippen LogP contribution is 2.68. The topological polar surface area (TPSA) is 297 Å². The van der Waals surface area contributed by atoms with Gasteiger partial charge in [-0.3, -0.25) is 38.4 Å². The van der Waals surface area contributed by atoms with Crippen LogP contribution in [0.3, 0.4) is 0 Å². The van der Waals surface area contributed by atoms with Gasteiger partial charge in [-0.1, -0.05) is 62.3 Å². The molecule has 130 heavy (non-hydrogen) atoms. The van der Waals surface area contributed by atoms with Crippen LogP contribution in [0.4, 0.5) is 0 Å². The Hall–Kier alpha value is -4.89. The molecule has 11 unspecified atom stereocenters. The molecule has 0 aromatic rings. The van der Waals surface area contributed by atoms with Crippen LogP contribution in [0.2, 0.25) is 0 Å². The van der Waals surface area contributed by atoms with Crippen LogP contribution in [0.15, 0.2) is 0 Å². The van der Waals surface area contributed by atoms with Crippen LogP contribution in [0, 0.1) is 144 Å². The van der Waals surface area contributed by atoms with Gasteiger partial charge >= 0.3 is 53.7 Å². The van der Waals surface area contributed by atoms with E-state index in [1.807, 2.05) is 104 Å². The van der Waals surface area contributed by atoms with E-state index in [0.717, 1.165) is 144 Å². The van der Waals surface area contributed by atoms with Crippen LogP contribution < -0.4 is 0 Å². The summed E-state index contributed by atoms with van der Waals surface area (Å²) in [6.45, 7) is 48.5. The maximum atomic E-state index is 12.6. The lowest BCUT2D eigenvalue weighted by Crippen LogP contribution is -2.67. The quantitative estimate of drug-likeness (QED) is 0.0632. The Labute approximate surface area is 781 Å². The lowest BCUT2D eigenvalue weighted by atomic mass is 9.46. The SMILES string of the molecule is CCC(C)(C)C(=O)OC(C)(C)C12CC3CC(CC(C3)C1)C2.CCC(C)(C)C(=O)OC1(C)C2CC3CC(C2)CC1C3.CCC(C)(C)C(=O)OC1(CC)C2CC3CC(C2)CC1C3.CCC(C)(C)C(=O)OC12CC3CC(CC(O)(C3)C1)C2.CCC(C)(C)C(=O)OC12CC3CC(O)(CC(O)(C3)C1)C2.CCC(C)(C)C(=O)OC1CCOC1=O.CCC(C)C(=O)OC1C2CC3C(=O)OC1C3C2. The van der Waals surface area contributed by atoms with Crippen LogP contribution in [0.25, 0.3) is 0 Å². The first kappa shape index (κ1) is 103. The molecule has 24 aliphatic rings. The van der Waals surface area contributed by atoms with Gasteiger partial charge in [0.25, 0.3) is 0 Å². The molecule has 22 aliphatic carbocycles. The van der Waals surface area contributed by atoms with Gasteiger partial charge < -0.3 is 58.0 Å². The molecule has 2 aliphatic heterocycles. The number of rotatable bonds is 23. The van der Waals surface area contributed by atoms with Crippen molar-refractivity contribution >= 4 is 53.7 Å². The van der Waals surface area contributed by atoms with Crippen molar-refractivity contribution in [2.24, 2.45) is 144 Å². The summed E-state index contributed by atoms with van der Waals surface area (Å²) < 4.78 is 51.1. The molecule has 0 radical (unpaired) electrons. The van der Waals surface area contributed by atoms with E-state index in [1.165, 1.54) is 109 Å². The zero-order valence-corrected chi connectivity index (χ0v) is 85.1. The average molecular weight is 1820 g/mol. The van der Waals surface area contributed by atoms with Crippen molar-refractivity contribution in [2.75, 3.05) is 6.61 Å². The van der Waals surface area contributed by atoms with E-state index >= 15 is 0 Å². The second-order valence-corrected chi connectivity index (χ2v) is 51.7. The van der Waals surface area contributed by atoms with Gasteiger partial charge in [0.05, 0.1) is 67.7 Å². The zero-order valence-electron chi connectivity index (χ0n) is 85.1. The van der Waals surface area contributed by atoms with Gasteiger partial charge in [-0.05, 0) is 405 Å². The highest BCUT2D eigenvalue weighted by Gasteiger charge is 2.68. The van der Waals surface area contributed by atoms with Crippen molar-refractivity contribution < 1.29 is 101 Å². The van der Waals surface area contributed by atoms with E-state index in [0.29, 0.717) is 92.5 Å². The number of cyclic esters (lactones) is 1. The van der Waals surface area contributed by atoms with Crippen LogP contribution in [-0.4, -0.2) is 139 Å². The van der Waals surface area contributed by atoms with E-state index in [-0.39, 0.29) is 122 Å². The van der Waals surface area contributed by atoms with Crippen LogP contribution >= 0.6 is 0 Å². The van der Waals surface area contributed by atoms with Gasteiger partial charge in [0, 0.05) is 49.4 Å². The monoisotopic (exact) mass is 1820 g/mol. The first-order chi connectivity index (χ1) is 60.4. The van der Waals surface area contributed by atoms with Crippen molar-refractivity contribution in [3.05, 3.63) is 0 Å². The fraction of sp³-hybridized carbons (Fsp3) is 0.917. The molecule has 21 nitrogen and oxygen atoms in total. The maximum absolute atomic E-state index is 12.6. The van der Waals surface area contributed by atoms with E-state index in [9.17, 15) is 58.5 Å². The molecule has 11 atom stereocenters. The Bertz CT molecular complexity index is 3970. The lowest BCUT2D eigenvalue weighted by molar-refractivity contribution is -0.264. The molecular formula is C109H176O21. The van der Waals surface area contributed by atoms with E-state index in [1.54, 1.807) is 13.8 Å². The van der Waals surface area contributed by atoms with Gasteiger partial charge in [-0.2, -0.15) is 0 Å². The van der Waals surface area contributed by atoms with E-state index in [4.69, 9.17) is 42.6 Å². The van der Waals surface area contributed by atoms with Crippen molar-refractivity contribution in [3.63, 3.8) is 0 Å². The van der Waals surface area contributed by atoms with Crippen molar-refractivity contribution in [1.29, 1.82) is 0 Å². The molecule has 0 spiro atoms. The number of ether oxygens (including phenoxy) is 9. The second-order valence-electron chi connectivity index (χ2n) is 51.7. The van der Waals surface area contributed by atoms with Crippen LogP contribution in [-0.2, 0) is 85.8 Å². The Morgan fingerprint density at radius 2 is 0.785 bits per heavy atom. The fourth-order valence-electron chi connectivity index (χ4n) is 29.6. The summed E-state index contributed by atoms with van der Waals surface area (Å²) in [5.41, 5.74) is -6.08. The Morgan fingerprint density at radius 3 is 1.20 bits per heavy atom. The summed E-state index contributed by atoms with van der Waals surface area (Å²) in [4.78, 5) is 108. The number of carbonyl (C=O) groups is 9. The van der Waals surface area contributed by atoms with Gasteiger partial charge in [0.2, 0.25) is 6.10 Å². The summed E-state index contributed by atoms with van der Waals surface area (Å²) in [7, 11) is 0. The molecule has 2 heterocycles. The van der Waals surface area contributed by atoms with Crippen molar-refractivity contribution in [3.8, 4) is 0 Å². The molecule has 24 fully saturated rings. The molecule has 21 heteroatoms. The molecule has 24 rings (SSSR count). The summed E-state index contributed by atoms with van der Waals surface area (Å²) in [6.07, 6.45) is 38.6. The minimum Gasteiger partial charge on any atom is -0.463 e. The van der Waals surface area contributed by atoms with E-state index in [2.05, 4.69) is 48.5 Å². The van der Waals surface area contributed by atoms with Crippen molar-refractivity contribution in [2.45, 2.75) is 480 Å². The second kappa shape index (κ2) is 37.5. The molecule has 738 valence electrons. The number of fused-ring (bicyclic) bond motifs is 1. The molecule has 0 aromatic heterocycles. The molecule has 22 bridgehead atoms. The predicted octanol–water partition coefficient (Wildman–Crippen LogP) is 21.7. The number of hydrogen-bond donors (Lipinski definition) is 3. The third kappa shape index (κ3) is 20.9. The van der Waals surface area contributed by atoms with Crippen LogP contribution in [0.1, 0.15) is 417 Å². The van der Waals surface area contributed by atoms with Gasteiger partial charge in [0.15, 0.2) is 0 Å². The number of carbonyl (C=O) groups excluding carboxylic acids is 9. The third-order valence-electron chi connectivity index (χ3n) is 39.1. The number of aliphatic hydroxyl groups is 3. The Balaban J connectivity index is 0.000000130. The normalized spacial score (nSPS) is 41.0. The Morgan fingerprint density at radius 1 is 0.400 bits per heavy atom. The molecule has 2 saturated heterocycles. The standard InChI is InChI=1S/C19H32O2.C18H30O2.C17H28O2.C16H26O4.C16H26O3.C13H18O4.C10H16O4/c1-6-17(2,3)16(20)21-18(4,5)19-10-13-7-14(11-19)9-15(8-13)12-19;1-5-17(3,4)16(19)20-18(6-2)14-8-12-7-13(10-14)11-15(18)9-12;1-5-16(2,3)15(18)19-17(4)13-7-11-6-12(9-13)10-14(17)8-11;1-4-13(2,3)12(17)20-16-7-11-5-14(18,9-16)8-15(19,6-11)10-16;1-4-14(2,3)13(17)19-16-8-11-5-12(9-16)7-15(18,6-11)10-16;1-3-6(2)12(14)16-10-7-4-8-9(5-7)13(15)17-11(8)10;1-4-10(2,3)9(12)14-7-5-6-13-8(7)11/h13-15H,6-12H2,1-5H3;12-15H,5-11H2,1-4H3;11-14H,5-10H2,1-4H3;11,18-19H,4-10H2,1-3H3;11-12,18H,4-10H2,1-3H3;6-11H,3-5H2,1-2H3;7H,4-6H2,1-3H3. The highest BCUT2D eigenvalue weighted by molar-refractivity contribution is 5.83. The Kier molecular flexibility index (Phi) is 29.5. The van der Waals surface area contributed by atoms with E-state index < -0.39 is 50.7 Å². The predicted molar refractivity (Wildman–Crippen MR) is 496 cm³/mol. The molecule has 0 aromatic carbocycles. The molecule has 0 amide bonds. The third-order valence-corrected chi connectivity index (χ3v) is 39.1. The molecule has 3 N–H and O–H groups in total. The minimum atomic E-state index is -0.842. The van der Waals surface area contributed by atoms with Crippen molar-refractivity contribution in [1.82, 2.24) is 0 Å². The zero-order chi connectivity index (χ0) is 95.5. The highest BCUT2D eigenvalue weighted by atomic mass is 16.6. The maximum Gasteiger partial charge on any atom is 0.347 e. The minimum absolute atomic E-state index is 0.00857. The average Bonchev–Trinajstić information content (AvgIpc) is 0.851. The van der Waals surface area contributed by atoms with Crippen LogP contribution in [0.5, 0.6) is 0 Å². The first-order valence-corrected chi connectivity index (χ1v) is 52.5. The van der Waals surface area contributed by atoms with Gasteiger partial charge in [-0.25, -0.2) is 4.79 Å². The molecular weight excluding hydrogens is 1650 g/mol.